The number of piperazine rings is 1. The number of anilines is 3. The number of aromatic nitrogens is 2. The first kappa shape index (κ1) is 15.4. The third-order valence-corrected chi connectivity index (χ3v) is 5.18. The molecular weight excluding hydrogens is 298 g/mol. The van der Waals surface area contributed by atoms with Crippen molar-refractivity contribution in [2.75, 3.05) is 42.5 Å². The molecule has 2 aliphatic heterocycles. The maximum Gasteiger partial charge on any atom is 0.227 e. The molecule has 1 unspecified atom stereocenters. The van der Waals surface area contributed by atoms with Crippen LogP contribution in [0.2, 0.25) is 0 Å². The number of nitrogens with zero attached hydrogens (tertiary/aromatic N) is 5. The maximum absolute atomic E-state index is 4.90. The minimum atomic E-state index is 0.432. The molecule has 0 radical (unpaired) electrons. The zero-order valence-corrected chi connectivity index (χ0v) is 14.5. The molecule has 1 saturated heterocycles. The fraction of sp³-hybridized carbons (Fsp3) is 0.474. The van der Waals surface area contributed by atoms with Crippen LogP contribution in [-0.4, -0.2) is 53.6 Å². The Morgan fingerprint density at radius 3 is 2.67 bits per heavy atom. The minimum Gasteiger partial charge on any atom is -0.338 e. The molecule has 1 fully saturated rings. The number of rotatable bonds is 3. The van der Waals surface area contributed by atoms with Gasteiger partial charge < -0.3 is 14.7 Å². The van der Waals surface area contributed by atoms with Gasteiger partial charge in [-0.15, -0.1) is 0 Å². The summed E-state index contributed by atoms with van der Waals surface area (Å²) in [5.41, 5.74) is 2.69. The Bertz CT molecular complexity index is 708. The Morgan fingerprint density at radius 1 is 1.08 bits per heavy atom. The SMILES string of the molecule is CCN1CCN(c2nccc(N3c4ccccc4CC3C)n2)CC1. The predicted octanol–water partition coefficient (Wildman–Crippen LogP) is 2.70. The summed E-state index contributed by atoms with van der Waals surface area (Å²) in [6.07, 6.45) is 2.97. The van der Waals surface area contributed by atoms with E-state index in [2.05, 4.69) is 57.8 Å². The third-order valence-electron chi connectivity index (χ3n) is 5.18. The lowest BCUT2D eigenvalue weighted by atomic mass is 10.1. The van der Waals surface area contributed by atoms with Gasteiger partial charge in [-0.1, -0.05) is 25.1 Å². The van der Waals surface area contributed by atoms with Crippen LogP contribution in [-0.2, 0) is 6.42 Å². The van der Waals surface area contributed by atoms with Crippen molar-refractivity contribution in [3.05, 3.63) is 42.1 Å². The van der Waals surface area contributed by atoms with E-state index in [1.165, 1.54) is 11.3 Å². The summed E-state index contributed by atoms with van der Waals surface area (Å²) < 4.78 is 0. The molecule has 0 bridgehead atoms. The molecule has 126 valence electrons. The van der Waals surface area contributed by atoms with Gasteiger partial charge in [0.2, 0.25) is 5.95 Å². The Morgan fingerprint density at radius 2 is 1.88 bits per heavy atom. The summed E-state index contributed by atoms with van der Waals surface area (Å²) in [6, 6.07) is 11.1. The van der Waals surface area contributed by atoms with Crippen molar-refractivity contribution in [2.24, 2.45) is 0 Å². The largest absolute Gasteiger partial charge is 0.338 e. The molecule has 0 aliphatic carbocycles. The van der Waals surface area contributed by atoms with Crippen molar-refractivity contribution >= 4 is 17.5 Å². The molecule has 0 spiro atoms. The Kier molecular flexibility index (Phi) is 4.10. The van der Waals surface area contributed by atoms with Gasteiger partial charge in [-0.2, -0.15) is 4.98 Å². The molecular formula is C19H25N5. The van der Waals surface area contributed by atoms with Gasteiger partial charge in [-0.25, -0.2) is 4.98 Å². The van der Waals surface area contributed by atoms with Crippen LogP contribution in [0.5, 0.6) is 0 Å². The molecule has 0 N–H and O–H groups in total. The highest BCUT2D eigenvalue weighted by Crippen LogP contribution is 2.37. The Hall–Kier alpha value is -2.14. The topological polar surface area (TPSA) is 35.5 Å². The van der Waals surface area contributed by atoms with E-state index in [9.17, 15) is 0 Å². The summed E-state index contributed by atoms with van der Waals surface area (Å²) >= 11 is 0. The molecule has 1 atom stereocenters. The first-order chi connectivity index (χ1) is 11.8. The van der Waals surface area contributed by atoms with E-state index < -0.39 is 0 Å². The lowest BCUT2D eigenvalue weighted by Crippen LogP contribution is -2.46. The van der Waals surface area contributed by atoms with E-state index in [1.54, 1.807) is 0 Å². The van der Waals surface area contributed by atoms with Crippen LogP contribution in [0.4, 0.5) is 17.5 Å². The number of likely N-dealkylation sites (N-methyl/N-ethyl adjacent to an activating group) is 1. The normalized spacial score (nSPS) is 21.2. The zero-order valence-electron chi connectivity index (χ0n) is 14.5. The quantitative estimate of drug-likeness (QED) is 0.868. The van der Waals surface area contributed by atoms with Gasteiger partial charge in [0.05, 0.1) is 0 Å². The molecule has 0 amide bonds. The van der Waals surface area contributed by atoms with Gasteiger partial charge in [0.1, 0.15) is 5.82 Å². The summed E-state index contributed by atoms with van der Waals surface area (Å²) in [7, 11) is 0. The monoisotopic (exact) mass is 323 g/mol. The average Bonchev–Trinajstić information content (AvgIpc) is 2.97. The van der Waals surface area contributed by atoms with Crippen LogP contribution in [0.3, 0.4) is 0 Å². The van der Waals surface area contributed by atoms with Crippen molar-refractivity contribution in [3.8, 4) is 0 Å². The second-order valence-electron chi connectivity index (χ2n) is 6.69. The number of fused-ring (bicyclic) bond motifs is 1. The highest BCUT2D eigenvalue weighted by atomic mass is 15.3. The molecule has 0 saturated carbocycles. The standard InChI is InChI=1S/C19H25N5/c1-3-22-10-12-23(13-11-22)19-20-9-8-18(21-19)24-15(2)14-16-6-4-5-7-17(16)24/h4-9,15H,3,10-14H2,1-2H3. The molecule has 4 rings (SSSR count). The highest BCUT2D eigenvalue weighted by Gasteiger charge is 2.28. The van der Waals surface area contributed by atoms with Crippen LogP contribution in [0.25, 0.3) is 0 Å². The summed E-state index contributed by atoms with van der Waals surface area (Å²) in [5, 5.41) is 0. The van der Waals surface area contributed by atoms with Crippen LogP contribution in [0.1, 0.15) is 19.4 Å². The lowest BCUT2D eigenvalue weighted by molar-refractivity contribution is 0.270. The fourth-order valence-corrected chi connectivity index (χ4v) is 3.80. The zero-order chi connectivity index (χ0) is 16.5. The third kappa shape index (κ3) is 2.73. The van der Waals surface area contributed by atoms with Gasteiger partial charge in [-0.05, 0) is 37.6 Å². The highest BCUT2D eigenvalue weighted by molar-refractivity contribution is 5.69. The van der Waals surface area contributed by atoms with Crippen LogP contribution in [0, 0.1) is 0 Å². The number of hydrogen-bond donors (Lipinski definition) is 0. The van der Waals surface area contributed by atoms with E-state index in [4.69, 9.17) is 4.98 Å². The molecule has 1 aromatic carbocycles. The van der Waals surface area contributed by atoms with Gasteiger partial charge in [0, 0.05) is 44.1 Å². The minimum absolute atomic E-state index is 0.432. The number of para-hydroxylation sites is 1. The van der Waals surface area contributed by atoms with Crippen LogP contribution < -0.4 is 9.80 Å². The van der Waals surface area contributed by atoms with Crippen molar-refractivity contribution in [2.45, 2.75) is 26.3 Å². The molecule has 5 nitrogen and oxygen atoms in total. The first-order valence-electron chi connectivity index (χ1n) is 8.93. The summed E-state index contributed by atoms with van der Waals surface area (Å²) in [4.78, 5) is 16.6. The van der Waals surface area contributed by atoms with Crippen molar-refractivity contribution < 1.29 is 0 Å². The van der Waals surface area contributed by atoms with E-state index in [1.807, 2.05) is 12.3 Å². The lowest BCUT2D eigenvalue weighted by Gasteiger charge is -2.34. The molecule has 3 heterocycles. The molecule has 24 heavy (non-hydrogen) atoms. The average molecular weight is 323 g/mol. The van der Waals surface area contributed by atoms with Gasteiger partial charge in [0.15, 0.2) is 0 Å². The van der Waals surface area contributed by atoms with Gasteiger partial charge >= 0.3 is 0 Å². The molecule has 2 aromatic rings. The van der Waals surface area contributed by atoms with Gasteiger partial charge in [-0.3, -0.25) is 0 Å². The number of hydrogen-bond acceptors (Lipinski definition) is 5. The van der Waals surface area contributed by atoms with Crippen molar-refractivity contribution in [3.63, 3.8) is 0 Å². The second kappa shape index (κ2) is 6.40. The van der Waals surface area contributed by atoms with Crippen molar-refractivity contribution in [1.82, 2.24) is 14.9 Å². The summed E-state index contributed by atoms with van der Waals surface area (Å²) in [5.74, 6) is 1.87. The van der Waals surface area contributed by atoms with E-state index in [0.717, 1.165) is 50.9 Å². The molecule has 2 aliphatic rings. The molecule has 1 aromatic heterocycles. The maximum atomic E-state index is 4.90. The van der Waals surface area contributed by atoms with Crippen molar-refractivity contribution in [1.29, 1.82) is 0 Å². The van der Waals surface area contributed by atoms with E-state index >= 15 is 0 Å². The number of benzene rings is 1. The fourth-order valence-electron chi connectivity index (χ4n) is 3.80. The van der Waals surface area contributed by atoms with Crippen LogP contribution >= 0.6 is 0 Å². The first-order valence-corrected chi connectivity index (χ1v) is 8.93. The van der Waals surface area contributed by atoms with Crippen LogP contribution in [0.15, 0.2) is 36.5 Å². The molecule has 5 heteroatoms. The van der Waals surface area contributed by atoms with E-state index in [0.29, 0.717) is 6.04 Å². The Labute approximate surface area is 143 Å². The smallest absolute Gasteiger partial charge is 0.227 e. The predicted molar refractivity (Wildman–Crippen MR) is 98.1 cm³/mol. The second-order valence-corrected chi connectivity index (χ2v) is 6.69. The van der Waals surface area contributed by atoms with Gasteiger partial charge in [0.25, 0.3) is 0 Å². The summed E-state index contributed by atoms with van der Waals surface area (Å²) in [6.45, 7) is 9.80. The van der Waals surface area contributed by atoms with E-state index in [-0.39, 0.29) is 0 Å². The Balaban J connectivity index is 1.60.